The van der Waals surface area contributed by atoms with E-state index in [2.05, 4.69) is 35.0 Å². The Morgan fingerprint density at radius 1 is 1.23 bits per heavy atom. The molecule has 0 aliphatic carbocycles. The highest BCUT2D eigenvalue weighted by atomic mass is 16.7. The fourth-order valence-electron chi connectivity index (χ4n) is 1.35. The smallest absolute Gasteiger partial charge is 0.197 e. The van der Waals surface area contributed by atoms with E-state index in [-0.39, 0.29) is 23.2 Å². The molecule has 3 heteroatoms. The Balaban J connectivity index is 2.60. The minimum Gasteiger partial charge on any atom is -0.359 e. The molecular formula is C10H20BO2. The number of hydrogen-bond acceptors (Lipinski definition) is 2. The van der Waals surface area contributed by atoms with Crippen LogP contribution in [0.1, 0.15) is 41.5 Å². The van der Waals surface area contributed by atoms with Gasteiger partial charge in [0.1, 0.15) is 6.19 Å². The molecule has 1 heterocycles. The molecule has 1 aliphatic heterocycles. The highest BCUT2D eigenvalue weighted by molar-refractivity contribution is 6.42. The van der Waals surface area contributed by atoms with E-state index in [1.54, 1.807) is 0 Å². The third-order valence-corrected chi connectivity index (χ3v) is 2.92. The Kier molecular flexibility index (Phi) is 2.79. The second kappa shape index (κ2) is 3.28. The van der Waals surface area contributed by atoms with E-state index in [0.29, 0.717) is 0 Å². The summed E-state index contributed by atoms with van der Waals surface area (Å²) in [5.41, 5.74) is -0.132. The summed E-state index contributed by atoms with van der Waals surface area (Å²) in [6, 6.07) is 0. The quantitative estimate of drug-likeness (QED) is 0.612. The van der Waals surface area contributed by atoms with Gasteiger partial charge in [0.25, 0.3) is 0 Å². The molecule has 2 nitrogen and oxygen atoms in total. The molecule has 1 atom stereocenters. The molecule has 1 fully saturated rings. The summed E-state index contributed by atoms with van der Waals surface area (Å²) in [4.78, 5) is 0. The molecule has 0 aromatic rings. The first kappa shape index (κ1) is 11.1. The first-order chi connectivity index (χ1) is 5.74. The van der Waals surface area contributed by atoms with Crippen molar-refractivity contribution in [2.45, 2.75) is 64.8 Å². The number of rotatable bonds is 2. The molecule has 0 N–H and O–H groups in total. The highest BCUT2D eigenvalue weighted by Crippen LogP contribution is 2.46. The van der Waals surface area contributed by atoms with Gasteiger partial charge in [-0.25, -0.2) is 0 Å². The first-order valence-corrected chi connectivity index (χ1v) is 4.94. The van der Waals surface area contributed by atoms with Crippen molar-refractivity contribution >= 4 is 7.28 Å². The molecular weight excluding hydrogens is 163 g/mol. The van der Waals surface area contributed by atoms with Gasteiger partial charge in [0.15, 0.2) is 7.28 Å². The van der Waals surface area contributed by atoms with Crippen LogP contribution in [0.4, 0.5) is 0 Å². The van der Waals surface area contributed by atoms with Crippen LogP contribution in [-0.4, -0.2) is 25.2 Å². The predicted molar refractivity (Wildman–Crippen MR) is 55.0 cm³/mol. The standard InChI is InChI=1S/C10H20BO2/c1-7(2)12-8-11-9(3,4)10(5,6)13-8/h7-8H,1-6H3. The third-order valence-electron chi connectivity index (χ3n) is 2.92. The maximum atomic E-state index is 5.80. The molecule has 1 unspecified atom stereocenters. The summed E-state index contributed by atoms with van der Waals surface area (Å²) in [5.74, 6) is 0. The summed E-state index contributed by atoms with van der Waals surface area (Å²) < 4.78 is 11.4. The summed E-state index contributed by atoms with van der Waals surface area (Å²) in [6.45, 7) is 12.6. The van der Waals surface area contributed by atoms with Crippen molar-refractivity contribution < 1.29 is 9.47 Å². The third kappa shape index (κ3) is 2.26. The Hall–Kier alpha value is -0.0151. The van der Waals surface area contributed by atoms with Crippen molar-refractivity contribution in [1.29, 1.82) is 0 Å². The summed E-state index contributed by atoms with van der Waals surface area (Å²) in [5, 5.41) is 0.0759. The van der Waals surface area contributed by atoms with Gasteiger partial charge in [0.05, 0.1) is 11.7 Å². The zero-order valence-electron chi connectivity index (χ0n) is 9.55. The van der Waals surface area contributed by atoms with E-state index >= 15 is 0 Å². The molecule has 13 heavy (non-hydrogen) atoms. The molecule has 0 bridgehead atoms. The Bertz CT molecular complexity index is 171. The van der Waals surface area contributed by atoms with Gasteiger partial charge in [-0.05, 0) is 33.0 Å². The van der Waals surface area contributed by atoms with Crippen LogP contribution in [0.3, 0.4) is 0 Å². The molecule has 1 saturated heterocycles. The van der Waals surface area contributed by atoms with Crippen molar-refractivity contribution in [3.8, 4) is 0 Å². The molecule has 0 spiro atoms. The van der Waals surface area contributed by atoms with E-state index in [9.17, 15) is 0 Å². The average molecular weight is 183 g/mol. The lowest BCUT2D eigenvalue weighted by Crippen LogP contribution is -2.31. The molecule has 0 aromatic heterocycles. The van der Waals surface area contributed by atoms with Gasteiger partial charge in [-0.1, -0.05) is 13.8 Å². The average Bonchev–Trinajstić information content (AvgIpc) is 1.98. The maximum absolute atomic E-state index is 5.80. The van der Waals surface area contributed by atoms with Gasteiger partial charge in [-0.15, -0.1) is 0 Å². The molecule has 1 radical (unpaired) electrons. The van der Waals surface area contributed by atoms with Crippen LogP contribution in [0.25, 0.3) is 0 Å². The zero-order chi connectivity index (χ0) is 10.3. The highest BCUT2D eigenvalue weighted by Gasteiger charge is 2.49. The van der Waals surface area contributed by atoms with Gasteiger partial charge in [0.2, 0.25) is 0 Å². The van der Waals surface area contributed by atoms with E-state index in [4.69, 9.17) is 9.47 Å². The Morgan fingerprint density at radius 3 is 2.08 bits per heavy atom. The van der Waals surface area contributed by atoms with Crippen LogP contribution in [0, 0.1) is 0 Å². The lowest BCUT2D eigenvalue weighted by Gasteiger charge is -2.32. The van der Waals surface area contributed by atoms with Crippen molar-refractivity contribution in [3.63, 3.8) is 0 Å². The topological polar surface area (TPSA) is 18.5 Å². The van der Waals surface area contributed by atoms with Crippen molar-refractivity contribution in [1.82, 2.24) is 0 Å². The lowest BCUT2D eigenvalue weighted by atomic mass is 9.50. The fourth-order valence-corrected chi connectivity index (χ4v) is 1.35. The molecule has 0 aromatic carbocycles. The molecule has 0 amide bonds. The molecule has 1 rings (SSSR count). The molecule has 1 aliphatic rings. The van der Waals surface area contributed by atoms with Crippen LogP contribution in [0.2, 0.25) is 5.31 Å². The lowest BCUT2D eigenvalue weighted by molar-refractivity contribution is -0.160. The second-order valence-corrected chi connectivity index (χ2v) is 5.07. The summed E-state index contributed by atoms with van der Waals surface area (Å²) in [7, 11) is 2.15. The van der Waals surface area contributed by atoms with E-state index in [1.807, 2.05) is 13.8 Å². The van der Waals surface area contributed by atoms with Crippen LogP contribution >= 0.6 is 0 Å². The van der Waals surface area contributed by atoms with E-state index in [0.717, 1.165) is 0 Å². The van der Waals surface area contributed by atoms with E-state index in [1.165, 1.54) is 0 Å². The normalized spacial score (nSPS) is 30.5. The van der Waals surface area contributed by atoms with Crippen LogP contribution in [0.5, 0.6) is 0 Å². The van der Waals surface area contributed by atoms with Crippen molar-refractivity contribution in [3.05, 3.63) is 0 Å². The molecule has 75 valence electrons. The minimum atomic E-state index is -0.148. The zero-order valence-corrected chi connectivity index (χ0v) is 9.55. The van der Waals surface area contributed by atoms with Gasteiger partial charge < -0.3 is 9.47 Å². The first-order valence-electron chi connectivity index (χ1n) is 4.94. The van der Waals surface area contributed by atoms with Gasteiger partial charge in [-0.2, -0.15) is 0 Å². The van der Waals surface area contributed by atoms with Crippen LogP contribution < -0.4 is 0 Å². The van der Waals surface area contributed by atoms with E-state index < -0.39 is 0 Å². The Labute approximate surface area is 82.2 Å². The Morgan fingerprint density at radius 2 is 1.77 bits per heavy atom. The number of ether oxygens (including phenoxy) is 2. The van der Waals surface area contributed by atoms with Gasteiger partial charge in [-0.3, -0.25) is 0 Å². The molecule has 0 saturated carbocycles. The predicted octanol–water partition coefficient (Wildman–Crippen LogP) is 2.41. The van der Waals surface area contributed by atoms with Crippen molar-refractivity contribution in [2.75, 3.05) is 0 Å². The maximum Gasteiger partial charge on any atom is 0.197 e. The van der Waals surface area contributed by atoms with Crippen LogP contribution in [-0.2, 0) is 9.47 Å². The monoisotopic (exact) mass is 183 g/mol. The fraction of sp³-hybridized carbons (Fsp3) is 1.00. The van der Waals surface area contributed by atoms with Gasteiger partial charge in [0, 0.05) is 0 Å². The van der Waals surface area contributed by atoms with Gasteiger partial charge >= 0.3 is 0 Å². The minimum absolute atomic E-state index is 0.0759. The summed E-state index contributed by atoms with van der Waals surface area (Å²) in [6.07, 6.45) is 0.0657. The number of hydrogen-bond donors (Lipinski definition) is 0. The summed E-state index contributed by atoms with van der Waals surface area (Å²) >= 11 is 0. The second-order valence-electron chi connectivity index (χ2n) is 5.07. The largest absolute Gasteiger partial charge is 0.359 e. The van der Waals surface area contributed by atoms with Crippen LogP contribution in [0.15, 0.2) is 0 Å². The van der Waals surface area contributed by atoms with Crippen molar-refractivity contribution in [2.24, 2.45) is 0 Å². The SMILES string of the molecule is CC(C)OC1[B]C(C)(C)C(C)(C)O1.